The summed E-state index contributed by atoms with van der Waals surface area (Å²) in [7, 11) is 0. The zero-order valence-electron chi connectivity index (χ0n) is 10.8. The monoisotopic (exact) mass is 295 g/mol. The smallest absolute Gasteiger partial charge is 0.258 e. The maximum atomic E-state index is 12.1. The molecule has 6 nitrogen and oxygen atoms in total. The molecule has 20 heavy (non-hydrogen) atoms. The van der Waals surface area contributed by atoms with Gasteiger partial charge in [-0.2, -0.15) is 0 Å². The van der Waals surface area contributed by atoms with Crippen molar-refractivity contribution in [2.24, 2.45) is 0 Å². The van der Waals surface area contributed by atoms with Gasteiger partial charge >= 0.3 is 0 Å². The first kappa shape index (κ1) is 13.4. The van der Waals surface area contributed by atoms with Crippen LogP contribution in [0.1, 0.15) is 5.69 Å². The zero-order valence-corrected chi connectivity index (χ0v) is 11.5. The van der Waals surface area contributed by atoms with E-state index in [2.05, 4.69) is 9.88 Å². The number of aromatic nitrogens is 2. The summed E-state index contributed by atoms with van der Waals surface area (Å²) in [5.41, 5.74) is 0.607. The van der Waals surface area contributed by atoms with E-state index in [1.54, 1.807) is 0 Å². The molecular weight excluding hydrogens is 282 g/mol. The van der Waals surface area contributed by atoms with Gasteiger partial charge in [-0.3, -0.25) is 14.1 Å². The van der Waals surface area contributed by atoms with Crippen molar-refractivity contribution in [3.05, 3.63) is 39.4 Å². The lowest BCUT2D eigenvalue weighted by atomic mass is 10.3. The molecule has 1 aliphatic rings. The molecule has 0 amide bonds. The van der Waals surface area contributed by atoms with Gasteiger partial charge in [-0.1, -0.05) is 11.6 Å². The molecule has 3 heterocycles. The molecule has 1 aliphatic heterocycles. The predicted octanol–water partition coefficient (Wildman–Crippen LogP) is 0.886. The van der Waals surface area contributed by atoms with E-state index in [0.29, 0.717) is 30.5 Å². The molecule has 1 N–H and O–H groups in total. The third kappa shape index (κ3) is 2.63. The minimum absolute atomic E-state index is 0.0987. The third-order valence-corrected chi connectivity index (χ3v) is 3.46. The van der Waals surface area contributed by atoms with Crippen molar-refractivity contribution in [2.75, 3.05) is 26.3 Å². The SMILES string of the molecule is O=c1cc(CN2CCOCC2)nc2c(O)cc(Cl)cn12. The molecule has 0 aromatic carbocycles. The summed E-state index contributed by atoms with van der Waals surface area (Å²) in [6.07, 6.45) is 1.45. The highest BCUT2D eigenvalue weighted by Crippen LogP contribution is 2.20. The van der Waals surface area contributed by atoms with Gasteiger partial charge in [0.25, 0.3) is 5.56 Å². The van der Waals surface area contributed by atoms with Crippen LogP contribution in [0.5, 0.6) is 5.75 Å². The third-order valence-electron chi connectivity index (χ3n) is 3.25. The van der Waals surface area contributed by atoms with Crippen LogP contribution in [0.25, 0.3) is 5.65 Å². The number of halogens is 1. The van der Waals surface area contributed by atoms with E-state index in [1.807, 2.05) is 0 Å². The Morgan fingerprint density at radius 3 is 2.85 bits per heavy atom. The molecule has 7 heteroatoms. The van der Waals surface area contributed by atoms with Crippen LogP contribution in [0, 0.1) is 0 Å². The van der Waals surface area contributed by atoms with Gasteiger partial charge in [-0.05, 0) is 0 Å². The summed E-state index contributed by atoms with van der Waals surface area (Å²) in [5.74, 6) is -0.0987. The Morgan fingerprint density at radius 2 is 2.10 bits per heavy atom. The van der Waals surface area contributed by atoms with Crippen molar-refractivity contribution in [1.29, 1.82) is 0 Å². The fourth-order valence-corrected chi connectivity index (χ4v) is 2.47. The summed E-state index contributed by atoms with van der Waals surface area (Å²) >= 11 is 5.82. The summed E-state index contributed by atoms with van der Waals surface area (Å²) in [4.78, 5) is 18.6. The standard InChI is InChI=1S/C13H14ClN3O3/c14-9-5-11(18)13-15-10(6-12(19)17(13)7-9)8-16-1-3-20-4-2-16/h5-7,18H,1-4,8H2. The van der Waals surface area contributed by atoms with Crippen LogP contribution in [-0.4, -0.2) is 45.7 Å². The number of fused-ring (bicyclic) bond motifs is 1. The van der Waals surface area contributed by atoms with Crippen LogP contribution in [0.4, 0.5) is 0 Å². The molecule has 1 saturated heterocycles. The quantitative estimate of drug-likeness (QED) is 0.891. The van der Waals surface area contributed by atoms with Crippen LogP contribution in [0.2, 0.25) is 5.02 Å². The Labute approximate surface area is 120 Å². The molecule has 0 atom stereocenters. The number of hydrogen-bond donors (Lipinski definition) is 1. The number of pyridine rings is 1. The Kier molecular flexibility index (Phi) is 3.60. The van der Waals surface area contributed by atoms with Crippen LogP contribution in [0.15, 0.2) is 23.1 Å². The predicted molar refractivity (Wildman–Crippen MR) is 74.2 cm³/mol. The topological polar surface area (TPSA) is 67.1 Å². The molecule has 0 spiro atoms. The molecule has 3 rings (SSSR count). The Balaban J connectivity index is 1.98. The number of morpholine rings is 1. The summed E-state index contributed by atoms with van der Waals surface area (Å²) in [5, 5.41) is 10.2. The lowest BCUT2D eigenvalue weighted by molar-refractivity contribution is 0.0336. The van der Waals surface area contributed by atoms with Gasteiger partial charge < -0.3 is 9.84 Å². The van der Waals surface area contributed by atoms with Crippen LogP contribution < -0.4 is 5.56 Å². The summed E-state index contributed by atoms with van der Waals surface area (Å²) in [6, 6.07) is 2.85. The Morgan fingerprint density at radius 1 is 1.35 bits per heavy atom. The maximum Gasteiger partial charge on any atom is 0.258 e. The second-order valence-corrected chi connectivity index (χ2v) is 5.15. The van der Waals surface area contributed by atoms with Crippen LogP contribution in [0.3, 0.4) is 0 Å². The van der Waals surface area contributed by atoms with Crippen molar-refractivity contribution in [2.45, 2.75) is 6.54 Å². The molecule has 2 aromatic rings. The lowest BCUT2D eigenvalue weighted by Crippen LogP contribution is -2.36. The molecule has 0 aliphatic carbocycles. The van der Waals surface area contributed by atoms with Gasteiger partial charge in [0.15, 0.2) is 11.4 Å². The second-order valence-electron chi connectivity index (χ2n) is 4.71. The van der Waals surface area contributed by atoms with Gasteiger partial charge in [0.1, 0.15) is 0 Å². The molecule has 0 bridgehead atoms. The fraction of sp³-hybridized carbons (Fsp3) is 0.385. The van der Waals surface area contributed by atoms with Gasteiger partial charge in [0.05, 0.1) is 23.9 Å². The van der Waals surface area contributed by atoms with E-state index in [0.717, 1.165) is 13.1 Å². The molecule has 0 unspecified atom stereocenters. The van der Waals surface area contributed by atoms with Gasteiger partial charge in [0.2, 0.25) is 0 Å². The fourth-order valence-electron chi connectivity index (χ4n) is 2.27. The highest BCUT2D eigenvalue weighted by Gasteiger charge is 2.13. The van der Waals surface area contributed by atoms with Crippen LogP contribution in [-0.2, 0) is 11.3 Å². The van der Waals surface area contributed by atoms with Gasteiger partial charge in [-0.25, -0.2) is 4.98 Å². The number of hydrogen-bond acceptors (Lipinski definition) is 5. The minimum Gasteiger partial charge on any atom is -0.504 e. The molecule has 2 aromatic heterocycles. The Hall–Kier alpha value is -1.63. The summed E-state index contributed by atoms with van der Waals surface area (Å²) in [6.45, 7) is 3.57. The highest BCUT2D eigenvalue weighted by atomic mass is 35.5. The normalized spacial score (nSPS) is 16.6. The van der Waals surface area contributed by atoms with Gasteiger partial charge in [-0.15, -0.1) is 0 Å². The van der Waals surface area contributed by atoms with E-state index in [1.165, 1.54) is 22.7 Å². The number of aromatic hydroxyl groups is 1. The van der Waals surface area contributed by atoms with Crippen molar-refractivity contribution < 1.29 is 9.84 Å². The Bertz CT molecular complexity index is 695. The van der Waals surface area contributed by atoms with E-state index >= 15 is 0 Å². The average Bonchev–Trinajstić information content (AvgIpc) is 2.41. The molecule has 106 valence electrons. The zero-order chi connectivity index (χ0) is 14.1. The van der Waals surface area contributed by atoms with Crippen molar-refractivity contribution >= 4 is 17.2 Å². The highest BCUT2D eigenvalue weighted by molar-refractivity contribution is 6.30. The van der Waals surface area contributed by atoms with Crippen molar-refractivity contribution in [1.82, 2.24) is 14.3 Å². The van der Waals surface area contributed by atoms with Crippen molar-refractivity contribution in [3.8, 4) is 5.75 Å². The number of nitrogens with zero attached hydrogens (tertiary/aromatic N) is 3. The maximum absolute atomic E-state index is 12.1. The molecule has 0 saturated carbocycles. The van der Waals surface area contributed by atoms with E-state index in [4.69, 9.17) is 16.3 Å². The first-order chi connectivity index (χ1) is 9.63. The van der Waals surface area contributed by atoms with E-state index < -0.39 is 0 Å². The van der Waals surface area contributed by atoms with Crippen molar-refractivity contribution in [3.63, 3.8) is 0 Å². The second kappa shape index (κ2) is 5.40. The van der Waals surface area contributed by atoms with Gasteiger partial charge in [0, 0.05) is 38.0 Å². The lowest BCUT2D eigenvalue weighted by Gasteiger charge is -2.26. The number of ether oxygens (including phenoxy) is 1. The van der Waals surface area contributed by atoms with E-state index in [9.17, 15) is 9.90 Å². The average molecular weight is 296 g/mol. The first-order valence-corrected chi connectivity index (χ1v) is 6.72. The molecule has 1 fully saturated rings. The largest absolute Gasteiger partial charge is 0.504 e. The van der Waals surface area contributed by atoms with Crippen LogP contribution >= 0.6 is 11.6 Å². The first-order valence-electron chi connectivity index (χ1n) is 6.34. The van der Waals surface area contributed by atoms with E-state index in [-0.39, 0.29) is 17.0 Å². The minimum atomic E-state index is -0.254. The summed E-state index contributed by atoms with van der Waals surface area (Å²) < 4.78 is 6.53. The number of rotatable bonds is 2. The molecular formula is C13H14ClN3O3. The molecule has 0 radical (unpaired) electrons.